The van der Waals surface area contributed by atoms with E-state index in [0.29, 0.717) is 32.0 Å². The van der Waals surface area contributed by atoms with Gasteiger partial charge in [0.2, 0.25) is 5.91 Å². The van der Waals surface area contributed by atoms with Gasteiger partial charge in [-0.15, -0.1) is 0 Å². The molecule has 3 fully saturated rings. The number of carbonyl (C=O) groups is 3. The minimum absolute atomic E-state index is 0.0407. The summed E-state index contributed by atoms with van der Waals surface area (Å²) < 4.78 is 0. The minimum atomic E-state index is -0.892. The highest BCUT2D eigenvalue weighted by Crippen LogP contribution is 2.25. The number of rotatable bonds is 4. The molecule has 4 amide bonds. The standard InChI is InChI=1S/C12H18N4O3/c17-9(3-5-13-8-1-2-8)16-6-4-12(7-16)10(18)14-11(19)15-12/h8,13H,1-7H2,(H2,14,15,18,19). The average molecular weight is 266 g/mol. The zero-order valence-corrected chi connectivity index (χ0v) is 10.7. The van der Waals surface area contributed by atoms with Crippen molar-refractivity contribution in [3.05, 3.63) is 0 Å². The van der Waals surface area contributed by atoms with Crippen molar-refractivity contribution in [3.63, 3.8) is 0 Å². The van der Waals surface area contributed by atoms with Crippen LogP contribution in [-0.2, 0) is 9.59 Å². The SMILES string of the molecule is O=C1NC(=O)C2(CCN(C(=O)CCNC3CC3)C2)N1. The molecule has 3 rings (SSSR count). The van der Waals surface area contributed by atoms with Crippen LogP contribution < -0.4 is 16.0 Å². The topological polar surface area (TPSA) is 90.5 Å². The molecule has 3 N–H and O–H groups in total. The third kappa shape index (κ3) is 2.42. The largest absolute Gasteiger partial charge is 0.340 e. The molecular formula is C12H18N4O3. The zero-order chi connectivity index (χ0) is 13.5. The minimum Gasteiger partial charge on any atom is -0.340 e. The number of urea groups is 1. The number of amides is 4. The maximum absolute atomic E-state index is 12.0. The van der Waals surface area contributed by atoms with E-state index in [1.807, 2.05) is 0 Å². The molecule has 0 aromatic heterocycles. The second-order valence-electron chi connectivity index (χ2n) is 5.53. The lowest BCUT2D eigenvalue weighted by molar-refractivity contribution is -0.130. The maximum atomic E-state index is 12.0. The van der Waals surface area contributed by atoms with E-state index >= 15 is 0 Å². The van der Waals surface area contributed by atoms with Crippen molar-refractivity contribution < 1.29 is 14.4 Å². The van der Waals surface area contributed by atoms with Gasteiger partial charge in [0.05, 0.1) is 6.54 Å². The first-order valence-corrected chi connectivity index (χ1v) is 6.74. The van der Waals surface area contributed by atoms with Gasteiger partial charge in [0.1, 0.15) is 5.54 Å². The van der Waals surface area contributed by atoms with Gasteiger partial charge in [0, 0.05) is 25.6 Å². The summed E-state index contributed by atoms with van der Waals surface area (Å²) in [7, 11) is 0. The highest BCUT2D eigenvalue weighted by atomic mass is 16.2. The molecule has 1 saturated carbocycles. The van der Waals surface area contributed by atoms with Gasteiger partial charge in [-0.2, -0.15) is 0 Å². The van der Waals surface area contributed by atoms with E-state index in [4.69, 9.17) is 0 Å². The molecule has 0 bridgehead atoms. The molecule has 0 radical (unpaired) electrons. The fourth-order valence-corrected chi connectivity index (χ4v) is 2.67. The van der Waals surface area contributed by atoms with Crippen LogP contribution in [-0.4, -0.2) is 54.0 Å². The molecule has 7 nitrogen and oxygen atoms in total. The van der Waals surface area contributed by atoms with Gasteiger partial charge in [-0.1, -0.05) is 0 Å². The van der Waals surface area contributed by atoms with Crippen LogP contribution in [0.15, 0.2) is 0 Å². The molecule has 19 heavy (non-hydrogen) atoms. The van der Waals surface area contributed by atoms with E-state index in [1.54, 1.807) is 4.90 Å². The first-order valence-electron chi connectivity index (χ1n) is 6.74. The quantitative estimate of drug-likeness (QED) is 0.566. The van der Waals surface area contributed by atoms with Crippen molar-refractivity contribution in [1.29, 1.82) is 0 Å². The molecular weight excluding hydrogens is 248 g/mol. The van der Waals surface area contributed by atoms with E-state index in [9.17, 15) is 14.4 Å². The predicted octanol–water partition coefficient (Wildman–Crippen LogP) is -1.06. The fourth-order valence-electron chi connectivity index (χ4n) is 2.67. The molecule has 7 heteroatoms. The Morgan fingerprint density at radius 2 is 2.21 bits per heavy atom. The first-order chi connectivity index (χ1) is 9.09. The van der Waals surface area contributed by atoms with Gasteiger partial charge >= 0.3 is 6.03 Å². The third-order valence-electron chi connectivity index (χ3n) is 3.99. The third-order valence-corrected chi connectivity index (χ3v) is 3.99. The van der Waals surface area contributed by atoms with Gasteiger partial charge in [0.15, 0.2) is 0 Å². The monoisotopic (exact) mass is 266 g/mol. The van der Waals surface area contributed by atoms with E-state index in [2.05, 4.69) is 16.0 Å². The molecule has 1 spiro atoms. The summed E-state index contributed by atoms with van der Waals surface area (Å²) in [5.74, 6) is -0.275. The lowest BCUT2D eigenvalue weighted by Gasteiger charge is -2.21. The summed E-state index contributed by atoms with van der Waals surface area (Å²) in [5, 5.41) is 8.17. The van der Waals surface area contributed by atoms with Crippen LogP contribution in [0, 0.1) is 0 Å². The number of nitrogens with zero attached hydrogens (tertiary/aromatic N) is 1. The van der Waals surface area contributed by atoms with Crippen LogP contribution in [0.4, 0.5) is 4.79 Å². The Morgan fingerprint density at radius 3 is 2.84 bits per heavy atom. The molecule has 2 heterocycles. The summed E-state index contributed by atoms with van der Waals surface area (Å²) in [6.45, 7) is 1.49. The molecule has 1 aliphatic carbocycles. The van der Waals surface area contributed by atoms with Crippen LogP contribution in [0.1, 0.15) is 25.7 Å². The lowest BCUT2D eigenvalue weighted by Crippen LogP contribution is -2.49. The van der Waals surface area contributed by atoms with Crippen LogP contribution >= 0.6 is 0 Å². The van der Waals surface area contributed by atoms with Gasteiger partial charge in [0.25, 0.3) is 5.91 Å². The summed E-state index contributed by atoms with van der Waals surface area (Å²) >= 11 is 0. The highest BCUT2D eigenvalue weighted by Gasteiger charge is 2.51. The van der Waals surface area contributed by atoms with Crippen molar-refractivity contribution >= 4 is 17.8 Å². The highest BCUT2D eigenvalue weighted by molar-refractivity contribution is 6.07. The van der Waals surface area contributed by atoms with Crippen LogP contribution in [0.5, 0.6) is 0 Å². The van der Waals surface area contributed by atoms with Crippen molar-refractivity contribution in [2.24, 2.45) is 0 Å². The van der Waals surface area contributed by atoms with Crippen LogP contribution in [0.25, 0.3) is 0 Å². The number of hydrogen-bond acceptors (Lipinski definition) is 4. The van der Waals surface area contributed by atoms with Crippen LogP contribution in [0.2, 0.25) is 0 Å². The van der Waals surface area contributed by atoms with Crippen LogP contribution in [0.3, 0.4) is 0 Å². The molecule has 104 valence electrons. The Bertz CT molecular complexity index is 435. The fraction of sp³-hybridized carbons (Fsp3) is 0.750. The molecule has 1 unspecified atom stereocenters. The number of nitrogens with one attached hydrogen (secondary N) is 3. The smallest absolute Gasteiger partial charge is 0.322 e. The van der Waals surface area contributed by atoms with E-state index in [1.165, 1.54) is 12.8 Å². The molecule has 3 aliphatic rings. The Morgan fingerprint density at radius 1 is 1.42 bits per heavy atom. The van der Waals surface area contributed by atoms with Crippen molar-refractivity contribution in [2.45, 2.75) is 37.3 Å². The molecule has 0 aromatic carbocycles. The normalized spacial score (nSPS) is 29.8. The number of imide groups is 1. The zero-order valence-electron chi connectivity index (χ0n) is 10.7. The van der Waals surface area contributed by atoms with Gasteiger partial charge in [-0.25, -0.2) is 4.79 Å². The molecule has 0 aromatic rings. The summed E-state index contributed by atoms with van der Waals surface area (Å²) in [6.07, 6.45) is 3.34. The second kappa shape index (κ2) is 4.48. The van der Waals surface area contributed by atoms with E-state index in [0.717, 1.165) is 0 Å². The van der Waals surface area contributed by atoms with Gasteiger partial charge in [-0.3, -0.25) is 14.9 Å². The lowest BCUT2D eigenvalue weighted by atomic mass is 10.00. The van der Waals surface area contributed by atoms with Gasteiger partial charge < -0.3 is 15.5 Å². The summed E-state index contributed by atoms with van der Waals surface area (Å²) in [6, 6.07) is 0.132. The van der Waals surface area contributed by atoms with Gasteiger partial charge in [-0.05, 0) is 19.3 Å². The van der Waals surface area contributed by atoms with Crippen molar-refractivity contribution in [1.82, 2.24) is 20.9 Å². The molecule has 2 saturated heterocycles. The number of likely N-dealkylation sites (tertiary alicyclic amines) is 1. The summed E-state index contributed by atoms with van der Waals surface area (Å²) in [5.41, 5.74) is -0.892. The van der Waals surface area contributed by atoms with E-state index < -0.39 is 11.6 Å². The Balaban J connectivity index is 1.51. The molecule has 1 atom stereocenters. The Kier molecular flexibility index (Phi) is 2.93. The number of hydrogen-bond donors (Lipinski definition) is 3. The molecule has 2 aliphatic heterocycles. The predicted molar refractivity (Wildman–Crippen MR) is 66.2 cm³/mol. The Labute approximate surface area is 111 Å². The van der Waals surface area contributed by atoms with Crippen molar-refractivity contribution in [2.75, 3.05) is 19.6 Å². The van der Waals surface area contributed by atoms with E-state index in [-0.39, 0.29) is 18.4 Å². The summed E-state index contributed by atoms with van der Waals surface area (Å²) in [4.78, 5) is 36.6. The first kappa shape index (κ1) is 12.4. The Hall–Kier alpha value is -1.63. The second-order valence-corrected chi connectivity index (χ2v) is 5.53. The number of carbonyl (C=O) groups excluding carboxylic acids is 3. The average Bonchev–Trinajstić information content (AvgIpc) is 3.01. The van der Waals surface area contributed by atoms with Crippen molar-refractivity contribution in [3.8, 4) is 0 Å². The maximum Gasteiger partial charge on any atom is 0.322 e.